The van der Waals surface area contributed by atoms with Crippen LogP contribution < -0.4 is 10.5 Å². The molecule has 0 aromatic heterocycles. The van der Waals surface area contributed by atoms with Crippen LogP contribution in [0.2, 0.25) is 5.02 Å². The fraction of sp³-hybridized carbons (Fsp3) is 0.462. The lowest BCUT2D eigenvalue weighted by Gasteiger charge is -2.19. The summed E-state index contributed by atoms with van der Waals surface area (Å²) >= 11 is 5.96. The van der Waals surface area contributed by atoms with Gasteiger partial charge in [0.2, 0.25) is 10.0 Å². The molecule has 1 aromatic rings. The molecule has 2 unspecified atom stereocenters. The average Bonchev–Trinajstić information content (AvgIpc) is 2.91. The molecule has 1 fully saturated rings. The molecule has 1 aromatic carbocycles. The molecule has 1 aliphatic rings. The van der Waals surface area contributed by atoms with E-state index in [2.05, 4.69) is 5.32 Å². The van der Waals surface area contributed by atoms with Gasteiger partial charge in [0, 0.05) is 18.6 Å². The first-order valence-electron chi connectivity index (χ1n) is 6.50. The van der Waals surface area contributed by atoms with Gasteiger partial charge in [-0.1, -0.05) is 11.6 Å². The lowest BCUT2D eigenvalue weighted by atomic mass is 10.0. The summed E-state index contributed by atoms with van der Waals surface area (Å²) in [5, 5.41) is 8.05. The van der Waals surface area contributed by atoms with Crippen molar-refractivity contribution in [3.63, 3.8) is 0 Å². The first-order chi connectivity index (χ1) is 9.79. The van der Waals surface area contributed by atoms with Crippen molar-refractivity contribution in [2.75, 3.05) is 13.2 Å². The summed E-state index contributed by atoms with van der Waals surface area (Å²) in [6.45, 7) is 3.17. The number of primary sulfonamides is 1. The minimum atomic E-state index is -3.88. The number of ether oxygens (including phenoxy) is 1. The number of halogens is 1. The van der Waals surface area contributed by atoms with Crippen LogP contribution in [0.4, 0.5) is 0 Å². The van der Waals surface area contributed by atoms with E-state index in [1.54, 1.807) is 0 Å². The molecule has 1 saturated heterocycles. The van der Waals surface area contributed by atoms with Crippen molar-refractivity contribution in [1.82, 2.24) is 5.32 Å². The van der Waals surface area contributed by atoms with Gasteiger partial charge in [0.05, 0.1) is 22.1 Å². The molecule has 0 aliphatic carbocycles. The molecule has 1 aliphatic heterocycles. The Bertz CT molecular complexity index is 642. The van der Waals surface area contributed by atoms with Gasteiger partial charge in [0.15, 0.2) is 0 Å². The second kappa shape index (κ2) is 6.31. The summed E-state index contributed by atoms with van der Waals surface area (Å²) in [4.78, 5) is 12.1. The Morgan fingerprint density at radius 1 is 1.52 bits per heavy atom. The minimum Gasteiger partial charge on any atom is -0.381 e. The van der Waals surface area contributed by atoms with Crippen LogP contribution in [-0.4, -0.2) is 33.6 Å². The molecule has 116 valence electrons. The van der Waals surface area contributed by atoms with Crippen molar-refractivity contribution < 1.29 is 17.9 Å². The SMILES string of the molecule is CC(NC(=O)c1cc(S(N)(=O)=O)ccc1Cl)C1CCOC1. The molecule has 0 bridgehead atoms. The maximum Gasteiger partial charge on any atom is 0.253 e. The number of carbonyl (C=O) groups excluding carboxylic acids is 1. The molecular weight excluding hydrogens is 316 g/mol. The lowest BCUT2D eigenvalue weighted by Crippen LogP contribution is -2.38. The molecule has 8 heteroatoms. The van der Waals surface area contributed by atoms with E-state index >= 15 is 0 Å². The minimum absolute atomic E-state index is 0.0887. The Balaban J connectivity index is 2.18. The second-order valence-corrected chi connectivity index (χ2v) is 7.04. The number of nitrogens with one attached hydrogen (secondary N) is 1. The number of sulfonamides is 1. The normalized spacial score (nSPS) is 20.2. The van der Waals surface area contributed by atoms with Gasteiger partial charge in [-0.15, -0.1) is 0 Å². The van der Waals surface area contributed by atoms with Gasteiger partial charge in [0.25, 0.3) is 5.91 Å². The molecule has 0 saturated carbocycles. The van der Waals surface area contributed by atoms with E-state index in [1.165, 1.54) is 18.2 Å². The quantitative estimate of drug-likeness (QED) is 0.863. The highest BCUT2D eigenvalue weighted by Crippen LogP contribution is 2.21. The summed E-state index contributed by atoms with van der Waals surface area (Å²) in [6, 6.07) is 3.71. The van der Waals surface area contributed by atoms with Crippen molar-refractivity contribution in [1.29, 1.82) is 0 Å². The third kappa shape index (κ3) is 3.94. The summed E-state index contributed by atoms with van der Waals surface area (Å²) in [7, 11) is -3.88. The highest BCUT2D eigenvalue weighted by molar-refractivity contribution is 7.89. The third-order valence-corrected chi connectivity index (χ3v) is 4.78. The predicted molar refractivity (Wildman–Crippen MR) is 78.7 cm³/mol. The lowest BCUT2D eigenvalue weighted by molar-refractivity contribution is 0.0922. The van der Waals surface area contributed by atoms with Crippen LogP contribution in [0.5, 0.6) is 0 Å². The predicted octanol–water partition coefficient (Wildman–Crippen LogP) is 1.14. The Kier molecular flexibility index (Phi) is 4.88. The number of hydrogen-bond donors (Lipinski definition) is 2. The number of nitrogens with two attached hydrogens (primary N) is 1. The molecular formula is C13H17ClN2O4S. The van der Waals surface area contributed by atoms with Gasteiger partial charge >= 0.3 is 0 Å². The van der Waals surface area contributed by atoms with Crippen LogP contribution in [0.25, 0.3) is 0 Å². The molecule has 3 N–H and O–H groups in total. The fourth-order valence-corrected chi connectivity index (χ4v) is 2.95. The second-order valence-electron chi connectivity index (χ2n) is 5.07. The molecule has 6 nitrogen and oxygen atoms in total. The van der Waals surface area contributed by atoms with Crippen LogP contribution in [-0.2, 0) is 14.8 Å². The van der Waals surface area contributed by atoms with Crippen molar-refractivity contribution in [2.45, 2.75) is 24.3 Å². The van der Waals surface area contributed by atoms with E-state index in [9.17, 15) is 13.2 Å². The van der Waals surface area contributed by atoms with E-state index in [-0.39, 0.29) is 27.4 Å². The standard InChI is InChI=1S/C13H17ClN2O4S/c1-8(9-4-5-20-7-9)16-13(17)11-6-10(21(15,18)19)2-3-12(11)14/h2-3,6,8-9H,4-5,7H2,1H3,(H,16,17)(H2,15,18,19). The van der Waals surface area contributed by atoms with Crippen LogP contribution in [0.3, 0.4) is 0 Å². The number of amides is 1. The Labute approximate surface area is 128 Å². The summed E-state index contributed by atoms with van der Waals surface area (Å²) in [5.41, 5.74) is 0.0916. The first kappa shape index (κ1) is 16.2. The summed E-state index contributed by atoms with van der Waals surface area (Å²) < 4.78 is 28.0. The largest absolute Gasteiger partial charge is 0.381 e. The molecule has 2 rings (SSSR count). The van der Waals surface area contributed by atoms with E-state index in [4.69, 9.17) is 21.5 Å². The maximum absolute atomic E-state index is 12.2. The van der Waals surface area contributed by atoms with Crippen LogP contribution in [0.15, 0.2) is 23.1 Å². The number of carbonyl (C=O) groups is 1. The first-order valence-corrected chi connectivity index (χ1v) is 8.42. The molecule has 0 spiro atoms. The van der Waals surface area contributed by atoms with Crippen molar-refractivity contribution in [3.8, 4) is 0 Å². The highest BCUT2D eigenvalue weighted by Gasteiger charge is 2.25. The third-order valence-electron chi connectivity index (χ3n) is 3.54. The van der Waals surface area contributed by atoms with Crippen molar-refractivity contribution >= 4 is 27.5 Å². The Morgan fingerprint density at radius 2 is 2.24 bits per heavy atom. The van der Waals surface area contributed by atoms with Crippen LogP contribution >= 0.6 is 11.6 Å². The Morgan fingerprint density at radius 3 is 2.81 bits per heavy atom. The number of rotatable bonds is 4. The van der Waals surface area contributed by atoms with Crippen molar-refractivity contribution in [2.24, 2.45) is 11.1 Å². The van der Waals surface area contributed by atoms with Gasteiger partial charge in [-0.2, -0.15) is 0 Å². The number of hydrogen-bond acceptors (Lipinski definition) is 4. The van der Waals surface area contributed by atoms with E-state index < -0.39 is 15.9 Å². The van der Waals surface area contributed by atoms with Crippen molar-refractivity contribution in [3.05, 3.63) is 28.8 Å². The fourth-order valence-electron chi connectivity index (χ4n) is 2.20. The van der Waals surface area contributed by atoms with Gasteiger partial charge in [-0.25, -0.2) is 13.6 Å². The molecule has 2 atom stereocenters. The van der Waals surface area contributed by atoms with Gasteiger partial charge < -0.3 is 10.1 Å². The van der Waals surface area contributed by atoms with Gasteiger partial charge in [-0.3, -0.25) is 4.79 Å². The highest BCUT2D eigenvalue weighted by atomic mass is 35.5. The summed E-state index contributed by atoms with van der Waals surface area (Å²) in [5.74, 6) is -0.181. The molecule has 1 amide bonds. The topological polar surface area (TPSA) is 98.5 Å². The maximum atomic E-state index is 12.2. The number of benzene rings is 1. The summed E-state index contributed by atoms with van der Waals surface area (Å²) in [6.07, 6.45) is 0.881. The zero-order valence-electron chi connectivity index (χ0n) is 11.5. The van der Waals surface area contributed by atoms with E-state index in [0.29, 0.717) is 13.2 Å². The molecule has 21 heavy (non-hydrogen) atoms. The molecule has 1 heterocycles. The molecule has 0 radical (unpaired) electrons. The Hall–Kier alpha value is -1.15. The zero-order valence-corrected chi connectivity index (χ0v) is 13.1. The van der Waals surface area contributed by atoms with E-state index in [0.717, 1.165) is 6.42 Å². The smallest absolute Gasteiger partial charge is 0.253 e. The average molecular weight is 333 g/mol. The van der Waals surface area contributed by atoms with Gasteiger partial charge in [0.1, 0.15) is 0 Å². The van der Waals surface area contributed by atoms with Crippen LogP contribution in [0, 0.1) is 5.92 Å². The van der Waals surface area contributed by atoms with Gasteiger partial charge in [-0.05, 0) is 31.5 Å². The van der Waals surface area contributed by atoms with Crippen LogP contribution in [0.1, 0.15) is 23.7 Å². The zero-order chi connectivity index (χ0) is 15.6. The monoisotopic (exact) mass is 332 g/mol. The van der Waals surface area contributed by atoms with E-state index in [1.807, 2.05) is 6.92 Å².